The standard InChI is InChI=1S/C15H26ClN5O/c1-19-8-4-14(12-19)20(2)9-5-15(22)17-6-3-7-21-11-13(16)10-18-21/h10-11,14H,3-9,12H2,1-2H3,(H,17,22). The van der Waals surface area contributed by atoms with E-state index in [1.54, 1.807) is 17.1 Å². The summed E-state index contributed by atoms with van der Waals surface area (Å²) < 4.78 is 1.79. The average molecular weight is 328 g/mol. The zero-order valence-electron chi connectivity index (χ0n) is 13.5. The lowest BCUT2D eigenvalue weighted by atomic mass is 10.2. The van der Waals surface area contributed by atoms with Crippen molar-refractivity contribution in [1.29, 1.82) is 0 Å². The van der Waals surface area contributed by atoms with Gasteiger partial charge in [0.1, 0.15) is 0 Å². The van der Waals surface area contributed by atoms with Crippen molar-refractivity contribution in [2.24, 2.45) is 0 Å². The first-order valence-corrected chi connectivity index (χ1v) is 8.26. The molecule has 6 nitrogen and oxygen atoms in total. The molecule has 1 N–H and O–H groups in total. The summed E-state index contributed by atoms with van der Waals surface area (Å²) in [5.74, 6) is 0.122. The molecule has 0 aliphatic carbocycles. The van der Waals surface area contributed by atoms with Crippen molar-refractivity contribution < 1.29 is 4.79 Å². The molecule has 2 rings (SSSR count). The van der Waals surface area contributed by atoms with Crippen LogP contribution in [0.1, 0.15) is 19.3 Å². The number of carbonyl (C=O) groups excluding carboxylic acids is 1. The summed E-state index contributed by atoms with van der Waals surface area (Å²) in [5.41, 5.74) is 0. The predicted molar refractivity (Wildman–Crippen MR) is 88.0 cm³/mol. The van der Waals surface area contributed by atoms with Crippen LogP contribution in [0.5, 0.6) is 0 Å². The van der Waals surface area contributed by atoms with Crippen LogP contribution in [-0.2, 0) is 11.3 Å². The number of hydrogen-bond donors (Lipinski definition) is 1. The second kappa shape index (κ2) is 8.50. The Morgan fingerprint density at radius 3 is 3.05 bits per heavy atom. The van der Waals surface area contributed by atoms with Gasteiger partial charge in [-0.2, -0.15) is 5.10 Å². The molecule has 2 heterocycles. The van der Waals surface area contributed by atoms with Gasteiger partial charge in [-0.3, -0.25) is 9.48 Å². The van der Waals surface area contributed by atoms with E-state index in [9.17, 15) is 4.79 Å². The van der Waals surface area contributed by atoms with E-state index in [0.717, 1.165) is 32.6 Å². The maximum absolute atomic E-state index is 11.9. The molecule has 1 fully saturated rings. The molecule has 22 heavy (non-hydrogen) atoms. The number of aromatic nitrogens is 2. The van der Waals surface area contributed by atoms with Gasteiger partial charge in [0.15, 0.2) is 0 Å². The second-order valence-electron chi connectivity index (χ2n) is 6.06. The van der Waals surface area contributed by atoms with E-state index >= 15 is 0 Å². The van der Waals surface area contributed by atoms with E-state index in [1.165, 1.54) is 6.42 Å². The zero-order chi connectivity index (χ0) is 15.9. The predicted octanol–water partition coefficient (Wildman–Crippen LogP) is 1.07. The largest absolute Gasteiger partial charge is 0.356 e. The Morgan fingerprint density at radius 2 is 2.41 bits per heavy atom. The molecule has 7 heteroatoms. The lowest BCUT2D eigenvalue weighted by Crippen LogP contribution is -2.37. The van der Waals surface area contributed by atoms with Crippen LogP contribution in [0.25, 0.3) is 0 Å². The Bertz CT molecular complexity index is 478. The molecule has 124 valence electrons. The number of nitrogens with zero attached hydrogens (tertiary/aromatic N) is 4. The fourth-order valence-electron chi connectivity index (χ4n) is 2.75. The van der Waals surface area contributed by atoms with E-state index in [4.69, 9.17) is 11.6 Å². The molecular weight excluding hydrogens is 302 g/mol. The van der Waals surface area contributed by atoms with Gasteiger partial charge in [0.2, 0.25) is 5.91 Å². The van der Waals surface area contributed by atoms with Gasteiger partial charge >= 0.3 is 0 Å². The summed E-state index contributed by atoms with van der Waals surface area (Å²) in [6.45, 7) is 4.51. The molecule has 0 aromatic carbocycles. The lowest BCUT2D eigenvalue weighted by Gasteiger charge is -2.23. The minimum atomic E-state index is 0.122. The lowest BCUT2D eigenvalue weighted by molar-refractivity contribution is -0.121. The SMILES string of the molecule is CN1CCC(N(C)CCC(=O)NCCCn2cc(Cl)cn2)C1. The molecule has 1 aromatic rings. The van der Waals surface area contributed by atoms with E-state index in [1.807, 2.05) is 0 Å². The van der Waals surface area contributed by atoms with Gasteiger partial charge in [-0.25, -0.2) is 0 Å². The summed E-state index contributed by atoms with van der Waals surface area (Å²) in [7, 11) is 4.26. The van der Waals surface area contributed by atoms with Crippen molar-refractivity contribution in [1.82, 2.24) is 24.9 Å². The number of likely N-dealkylation sites (tertiary alicyclic amines) is 1. The highest BCUT2D eigenvalue weighted by atomic mass is 35.5. The van der Waals surface area contributed by atoms with Gasteiger partial charge in [0.25, 0.3) is 0 Å². The number of rotatable bonds is 8. The maximum Gasteiger partial charge on any atom is 0.221 e. The normalized spacial score (nSPS) is 19.0. The molecule has 0 bridgehead atoms. The first-order valence-electron chi connectivity index (χ1n) is 7.88. The Morgan fingerprint density at radius 1 is 1.59 bits per heavy atom. The number of likely N-dealkylation sites (N-methyl/N-ethyl adjacent to an activating group) is 2. The summed E-state index contributed by atoms with van der Waals surface area (Å²) in [6.07, 6.45) is 6.02. The van der Waals surface area contributed by atoms with Crippen molar-refractivity contribution >= 4 is 17.5 Å². The molecule has 1 aliphatic rings. The molecular formula is C15H26ClN5O. The number of halogens is 1. The van der Waals surface area contributed by atoms with Crippen molar-refractivity contribution in [2.75, 3.05) is 40.3 Å². The zero-order valence-corrected chi connectivity index (χ0v) is 14.2. The van der Waals surface area contributed by atoms with Crippen LogP contribution < -0.4 is 5.32 Å². The van der Waals surface area contributed by atoms with Crippen LogP contribution in [-0.4, -0.2) is 71.8 Å². The Balaban J connectivity index is 1.54. The number of aryl methyl sites for hydroxylation is 1. The number of carbonyl (C=O) groups is 1. The van der Waals surface area contributed by atoms with Crippen LogP contribution >= 0.6 is 11.6 Å². The summed E-state index contributed by atoms with van der Waals surface area (Å²) in [5, 5.41) is 7.71. The molecule has 0 spiro atoms. The molecule has 1 aliphatic heterocycles. The third-order valence-electron chi connectivity index (χ3n) is 4.17. The number of nitrogens with one attached hydrogen (secondary N) is 1. The third-order valence-corrected chi connectivity index (χ3v) is 4.36. The Labute approximate surface area is 137 Å². The highest BCUT2D eigenvalue weighted by Gasteiger charge is 2.23. The Hall–Kier alpha value is -1.11. The molecule has 1 aromatic heterocycles. The minimum Gasteiger partial charge on any atom is -0.356 e. The van der Waals surface area contributed by atoms with Crippen molar-refractivity contribution in [3.05, 3.63) is 17.4 Å². The van der Waals surface area contributed by atoms with Gasteiger partial charge in [-0.15, -0.1) is 0 Å². The number of hydrogen-bond acceptors (Lipinski definition) is 4. The molecule has 0 saturated carbocycles. The van der Waals surface area contributed by atoms with Gasteiger partial charge in [0.05, 0.1) is 11.2 Å². The quantitative estimate of drug-likeness (QED) is 0.726. The fourth-order valence-corrected chi connectivity index (χ4v) is 2.91. The summed E-state index contributed by atoms with van der Waals surface area (Å²) >= 11 is 5.80. The monoisotopic (exact) mass is 327 g/mol. The van der Waals surface area contributed by atoms with Crippen molar-refractivity contribution in [3.63, 3.8) is 0 Å². The van der Waals surface area contributed by atoms with E-state index in [0.29, 0.717) is 24.0 Å². The second-order valence-corrected chi connectivity index (χ2v) is 6.50. The van der Waals surface area contributed by atoms with Crippen molar-refractivity contribution in [2.45, 2.75) is 31.8 Å². The topological polar surface area (TPSA) is 53.4 Å². The maximum atomic E-state index is 11.9. The first-order chi connectivity index (χ1) is 10.5. The molecule has 1 unspecified atom stereocenters. The van der Waals surface area contributed by atoms with E-state index < -0.39 is 0 Å². The first kappa shape index (κ1) is 17.2. The van der Waals surface area contributed by atoms with Gasteiger partial charge < -0.3 is 15.1 Å². The average Bonchev–Trinajstić information content (AvgIpc) is 3.10. The third kappa shape index (κ3) is 5.59. The van der Waals surface area contributed by atoms with E-state index in [-0.39, 0.29) is 5.91 Å². The highest BCUT2D eigenvalue weighted by Crippen LogP contribution is 2.12. The van der Waals surface area contributed by atoms with Crippen LogP contribution in [0.2, 0.25) is 5.02 Å². The molecule has 1 atom stereocenters. The van der Waals surface area contributed by atoms with Gasteiger partial charge in [0, 0.05) is 44.8 Å². The molecule has 1 amide bonds. The molecule has 1 saturated heterocycles. The summed E-state index contributed by atoms with van der Waals surface area (Å²) in [6, 6.07) is 0.586. The van der Waals surface area contributed by atoms with Crippen LogP contribution in [0.4, 0.5) is 0 Å². The van der Waals surface area contributed by atoms with Gasteiger partial charge in [-0.1, -0.05) is 11.6 Å². The smallest absolute Gasteiger partial charge is 0.221 e. The van der Waals surface area contributed by atoms with Crippen LogP contribution in [0.15, 0.2) is 12.4 Å². The van der Waals surface area contributed by atoms with Crippen LogP contribution in [0, 0.1) is 0 Å². The molecule has 0 radical (unpaired) electrons. The Kier molecular flexibility index (Phi) is 6.67. The highest BCUT2D eigenvalue weighted by molar-refractivity contribution is 6.30. The van der Waals surface area contributed by atoms with Crippen molar-refractivity contribution in [3.8, 4) is 0 Å². The fraction of sp³-hybridized carbons (Fsp3) is 0.733. The van der Waals surface area contributed by atoms with E-state index in [2.05, 4.69) is 34.3 Å². The number of amides is 1. The van der Waals surface area contributed by atoms with Crippen LogP contribution in [0.3, 0.4) is 0 Å². The van der Waals surface area contributed by atoms with Gasteiger partial charge in [-0.05, 0) is 33.5 Å². The summed E-state index contributed by atoms with van der Waals surface area (Å²) in [4.78, 5) is 16.5. The minimum absolute atomic E-state index is 0.122.